The standard InChI is InChI=1S/C31H21ClO2/c32-23-18-19-24(25-15-9-17-29-30(25)26-14-7-8-16-28(26)34-29)27(20-23)31(33,21-10-3-1-4-11-21)22-12-5-2-6-13-22/h1-20,33H. The maximum absolute atomic E-state index is 12.5. The first-order valence-corrected chi connectivity index (χ1v) is 11.6. The molecule has 0 amide bonds. The lowest BCUT2D eigenvalue weighted by Crippen LogP contribution is -2.29. The third kappa shape index (κ3) is 3.23. The molecule has 0 fully saturated rings. The lowest BCUT2D eigenvalue weighted by molar-refractivity contribution is 0.126. The van der Waals surface area contributed by atoms with Crippen LogP contribution >= 0.6 is 11.6 Å². The average Bonchev–Trinajstić information content (AvgIpc) is 3.28. The third-order valence-electron chi connectivity index (χ3n) is 6.45. The molecule has 1 aromatic heterocycles. The summed E-state index contributed by atoms with van der Waals surface area (Å²) in [5.74, 6) is 0. The van der Waals surface area contributed by atoms with Crippen molar-refractivity contribution in [2.45, 2.75) is 5.60 Å². The van der Waals surface area contributed by atoms with Crippen molar-refractivity contribution in [3.05, 3.63) is 143 Å². The largest absolute Gasteiger partial charge is 0.456 e. The first-order valence-electron chi connectivity index (χ1n) is 11.2. The normalized spacial score (nSPS) is 11.8. The van der Waals surface area contributed by atoms with E-state index in [0.717, 1.165) is 49.8 Å². The zero-order valence-electron chi connectivity index (χ0n) is 18.3. The van der Waals surface area contributed by atoms with Gasteiger partial charge in [-0.25, -0.2) is 0 Å². The topological polar surface area (TPSA) is 33.4 Å². The van der Waals surface area contributed by atoms with Crippen molar-refractivity contribution < 1.29 is 9.52 Å². The summed E-state index contributed by atoms with van der Waals surface area (Å²) >= 11 is 6.55. The molecule has 0 aliphatic rings. The van der Waals surface area contributed by atoms with Crippen LogP contribution < -0.4 is 0 Å². The van der Waals surface area contributed by atoms with Crippen LogP contribution in [0.3, 0.4) is 0 Å². The fourth-order valence-electron chi connectivity index (χ4n) is 4.89. The van der Waals surface area contributed by atoms with Gasteiger partial charge in [-0.3, -0.25) is 0 Å². The molecule has 2 nitrogen and oxygen atoms in total. The summed E-state index contributed by atoms with van der Waals surface area (Å²) in [6.07, 6.45) is 0. The summed E-state index contributed by atoms with van der Waals surface area (Å²) in [6.45, 7) is 0. The Balaban J connectivity index is 1.72. The molecule has 0 aliphatic carbocycles. The Morgan fingerprint density at radius 1 is 0.588 bits per heavy atom. The Kier molecular flexibility index (Phi) is 4.99. The van der Waals surface area contributed by atoms with Gasteiger partial charge in [0.25, 0.3) is 0 Å². The highest BCUT2D eigenvalue weighted by atomic mass is 35.5. The number of hydrogen-bond donors (Lipinski definition) is 1. The van der Waals surface area contributed by atoms with Crippen molar-refractivity contribution in [2.24, 2.45) is 0 Å². The Hall–Kier alpha value is -3.85. The van der Waals surface area contributed by atoms with Crippen LogP contribution in [0.25, 0.3) is 33.1 Å². The van der Waals surface area contributed by atoms with Gasteiger partial charge in [0.2, 0.25) is 0 Å². The van der Waals surface area contributed by atoms with Gasteiger partial charge in [-0.2, -0.15) is 0 Å². The van der Waals surface area contributed by atoms with Crippen molar-refractivity contribution >= 4 is 33.5 Å². The molecular formula is C31H21ClO2. The second kappa shape index (κ2) is 8.18. The molecule has 0 spiro atoms. The summed E-state index contributed by atoms with van der Waals surface area (Å²) < 4.78 is 6.14. The van der Waals surface area contributed by atoms with Gasteiger partial charge in [-0.15, -0.1) is 0 Å². The van der Waals surface area contributed by atoms with Gasteiger partial charge in [-0.05, 0) is 46.5 Å². The predicted octanol–water partition coefficient (Wildman–Crippen LogP) is 8.19. The number of rotatable bonds is 4. The molecule has 6 aromatic rings. The molecule has 5 aromatic carbocycles. The highest BCUT2D eigenvalue weighted by Gasteiger charge is 2.36. The second-order valence-corrected chi connectivity index (χ2v) is 8.85. The summed E-state index contributed by atoms with van der Waals surface area (Å²) in [6, 6.07) is 39.3. The van der Waals surface area contributed by atoms with E-state index in [1.807, 2.05) is 109 Å². The van der Waals surface area contributed by atoms with Gasteiger partial charge in [-0.1, -0.05) is 109 Å². The van der Waals surface area contributed by atoms with Crippen molar-refractivity contribution in [1.29, 1.82) is 0 Å². The zero-order chi connectivity index (χ0) is 23.1. The monoisotopic (exact) mass is 460 g/mol. The quantitative estimate of drug-likeness (QED) is 0.269. The fraction of sp³-hybridized carbons (Fsp3) is 0.0323. The van der Waals surface area contributed by atoms with Crippen molar-refractivity contribution in [3.8, 4) is 11.1 Å². The van der Waals surface area contributed by atoms with E-state index >= 15 is 0 Å². The van der Waals surface area contributed by atoms with Gasteiger partial charge in [0, 0.05) is 21.4 Å². The summed E-state index contributed by atoms with van der Waals surface area (Å²) in [5.41, 5.74) is 4.38. The predicted molar refractivity (Wildman–Crippen MR) is 139 cm³/mol. The maximum atomic E-state index is 12.5. The van der Waals surface area contributed by atoms with E-state index in [0.29, 0.717) is 5.02 Å². The highest BCUT2D eigenvalue weighted by molar-refractivity contribution is 6.30. The van der Waals surface area contributed by atoms with E-state index in [1.165, 1.54) is 0 Å². The van der Waals surface area contributed by atoms with Crippen LogP contribution in [-0.4, -0.2) is 5.11 Å². The number of benzene rings is 5. The molecular weight excluding hydrogens is 440 g/mol. The molecule has 0 bridgehead atoms. The highest BCUT2D eigenvalue weighted by Crippen LogP contribution is 2.45. The average molecular weight is 461 g/mol. The first kappa shape index (κ1) is 20.7. The third-order valence-corrected chi connectivity index (χ3v) is 6.68. The maximum Gasteiger partial charge on any atom is 0.141 e. The Morgan fingerprint density at radius 2 is 1.21 bits per heavy atom. The van der Waals surface area contributed by atoms with Gasteiger partial charge in [0.1, 0.15) is 16.8 Å². The number of furan rings is 1. The van der Waals surface area contributed by atoms with E-state index in [1.54, 1.807) is 0 Å². The summed E-state index contributed by atoms with van der Waals surface area (Å²) in [4.78, 5) is 0. The summed E-state index contributed by atoms with van der Waals surface area (Å²) in [7, 11) is 0. The Bertz CT molecular complexity index is 1580. The molecule has 0 atom stereocenters. The minimum absolute atomic E-state index is 0.563. The van der Waals surface area contributed by atoms with Crippen molar-refractivity contribution in [2.75, 3.05) is 0 Å². The fourth-order valence-corrected chi connectivity index (χ4v) is 5.06. The number of fused-ring (bicyclic) bond motifs is 3. The molecule has 3 heteroatoms. The van der Waals surface area contributed by atoms with Crippen LogP contribution in [-0.2, 0) is 5.60 Å². The van der Waals surface area contributed by atoms with E-state index < -0.39 is 5.60 Å². The number of aliphatic hydroxyl groups is 1. The molecule has 0 unspecified atom stereocenters. The van der Waals surface area contributed by atoms with Crippen molar-refractivity contribution in [3.63, 3.8) is 0 Å². The van der Waals surface area contributed by atoms with Crippen molar-refractivity contribution in [1.82, 2.24) is 0 Å². The van der Waals surface area contributed by atoms with E-state index in [2.05, 4.69) is 12.1 Å². The van der Waals surface area contributed by atoms with Crippen LogP contribution in [0.2, 0.25) is 5.02 Å². The van der Waals surface area contributed by atoms with Gasteiger partial charge >= 0.3 is 0 Å². The smallest absolute Gasteiger partial charge is 0.141 e. The Labute approximate surface area is 202 Å². The molecule has 164 valence electrons. The molecule has 34 heavy (non-hydrogen) atoms. The van der Waals surface area contributed by atoms with Crippen LogP contribution in [0.5, 0.6) is 0 Å². The number of hydrogen-bond acceptors (Lipinski definition) is 2. The SMILES string of the molecule is OC(c1ccccc1)(c1ccccc1)c1cc(Cl)ccc1-c1cccc2oc3ccccc3c12. The molecule has 0 saturated carbocycles. The minimum atomic E-state index is -1.41. The molecule has 6 rings (SSSR count). The van der Waals surface area contributed by atoms with Crippen LogP contribution in [0.4, 0.5) is 0 Å². The molecule has 0 radical (unpaired) electrons. The molecule has 1 heterocycles. The number of para-hydroxylation sites is 1. The molecule has 0 saturated heterocycles. The molecule has 0 aliphatic heterocycles. The zero-order valence-corrected chi connectivity index (χ0v) is 19.0. The molecule has 1 N–H and O–H groups in total. The lowest BCUT2D eigenvalue weighted by atomic mass is 9.77. The number of halogens is 1. The second-order valence-electron chi connectivity index (χ2n) is 8.41. The minimum Gasteiger partial charge on any atom is -0.456 e. The van der Waals surface area contributed by atoms with E-state index in [-0.39, 0.29) is 0 Å². The van der Waals surface area contributed by atoms with Crippen LogP contribution in [0.1, 0.15) is 16.7 Å². The van der Waals surface area contributed by atoms with Gasteiger partial charge in [0.05, 0.1) is 0 Å². The lowest BCUT2D eigenvalue weighted by Gasteiger charge is -2.32. The van der Waals surface area contributed by atoms with E-state index in [9.17, 15) is 5.11 Å². The van der Waals surface area contributed by atoms with Gasteiger partial charge < -0.3 is 9.52 Å². The van der Waals surface area contributed by atoms with E-state index in [4.69, 9.17) is 16.0 Å². The Morgan fingerprint density at radius 3 is 1.91 bits per heavy atom. The van der Waals surface area contributed by atoms with Gasteiger partial charge in [0.15, 0.2) is 0 Å². The van der Waals surface area contributed by atoms with Crippen LogP contribution in [0, 0.1) is 0 Å². The first-order chi connectivity index (χ1) is 16.7. The summed E-state index contributed by atoms with van der Waals surface area (Å²) in [5, 5.41) is 15.2. The van der Waals surface area contributed by atoms with Crippen LogP contribution in [0.15, 0.2) is 126 Å².